The zero-order valence-electron chi connectivity index (χ0n) is 9.11. The molecule has 14 heavy (non-hydrogen) atoms. The second-order valence-electron chi connectivity index (χ2n) is 4.70. The van der Waals surface area contributed by atoms with Crippen LogP contribution in [0, 0.1) is 11.8 Å². The van der Waals surface area contributed by atoms with Crippen molar-refractivity contribution in [2.24, 2.45) is 17.6 Å². The minimum atomic E-state index is 0.661. The Balaban J connectivity index is 2.00. The van der Waals surface area contributed by atoms with Crippen molar-refractivity contribution in [3.8, 4) is 0 Å². The molecule has 0 aromatic heterocycles. The molecule has 3 nitrogen and oxygen atoms in total. The average Bonchev–Trinajstić information content (AvgIpc) is 2.23. The summed E-state index contributed by atoms with van der Waals surface area (Å²) in [6.45, 7) is 3.95. The van der Waals surface area contributed by atoms with Crippen LogP contribution in [-0.4, -0.2) is 44.3 Å². The van der Waals surface area contributed by atoms with Gasteiger partial charge in [-0.15, -0.1) is 0 Å². The van der Waals surface area contributed by atoms with E-state index in [1.165, 1.54) is 25.8 Å². The Morgan fingerprint density at radius 1 is 1.43 bits per heavy atom. The summed E-state index contributed by atoms with van der Waals surface area (Å²) in [5.41, 5.74) is 5.67. The van der Waals surface area contributed by atoms with Crippen LogP contribution >= 0.6 is 0 Å². The van der Waals surface area contributed by atoms with Gasteiger partial charge in [-0.3, -0.25) is 0 Å². The summed E-state index contributed by atoms with van der Waals surface area (Å²) in [6, 6.07) is 0.661. The third kappa shape index (κ3) is 1.95. The topological polar surface area (TPSA) is 38.5 Å². The Morgan fingerprint density at radius 2 is 2.29 bits per heavy atom. The zero-order valence-corrected chi connectivity index (χ0v) is 9.11. The van der Waals surface area contributed by atoms with E-state index in [-0.39, 0.29) is 0 Å². The van der Waals surface area contributed by atoms with E-state index in [2.05, 4.69) is 11.9 Å². The number of fused-ring (bicyclic) bond motifs is 1. The van der Waals surface area contributed by atoms with Crippen molar-refractivity contribution >= 4 is 0 Å². The SMILES string of the molecule is CN1CCC(CCN)C2CCOCC21. The molecule has 0 aliphatic carbocycles. The second-order valence-corrected chi connectivity index (χ2v) is 4.70. The Labute approximate surface area is 86.6 Å². The number of ether oxygens (including phenoxy) is 1. The smallest absolute Gasteiger partial charge is 0.0624 e. The first-order chi connectivity index (χ1) is 6.83. The molecule has 2 fully saturated rings. The molecule has 2 aliphatic heterocycles. The van der Waals surface area contributed by atoms with Crippen molar-refractivity contribution in [3.63, 3.8) is 0 Å². The van der Waals surface area contributed by atoms with Gasteiger partial charge in [-0.2, -0.15) is 0 Å². The first kappa shape index (κ1) is 10.4. The first-order valence-corrected chi connectivity index (χ1v) is 5.81. The second kappa shape index (κ2) is 4.60. The predicted octanol–water partition coefficient (Wildman–Crippen LogP) is 0.692. The van der Waals surface area contributed by atoms with Crippen LogP contribution < -0.4 is 5.73 Å². The van der Waals surface area contributed by atoms with E-state index in [0.717, 1.165) is 31.6 Å². The Bertz CT molecular complexity index is 186. The lowest BCUT2D eigenvalue weighted by molar-refractivity contribution is -0.0540. The lowest BCUT2D eigenvalue weighted by atomic mass is 9.75. The Kier molecular flexibility index (Phi) is 3.42. The van der Waals surface area contributed by atoms with Gasteiger partial charge in [-0.05, 0) is 51.2 Å². The number of rotatable bonds is 2. The van der Waals surface area contributed by atoms with Crippen molar-refractivity contribution in [2.75, 3.05) is 33.4 Å². The van der Waals surface area contributed by atoms with Crippen LogP contribution in [0.4, 0.5) is 0 Å². The number of likely N-dealkylation sites (tertiary alicyclic amines) is 1. The van der Waals surface area contributed by atoms with Crippen molar-refractivity contribution in [1.29, 1.82) is 0 Å². The van der Waals surface area contributed by atoms with Crippen molar-refractivity contribution in [3.05, 3.63) is 0 Å². The lowest BCUT2D eigenvalue weighted by Crippen LogP contribution is -2.52. The van der Waals surface area contributed by atoms with Gasteiger partial charge < -0.3 is 15.4 Å². The quantitative estimate of drug-likeness (QED) is 0.709. The number of nitrogens with two attached hydrogens (primary N) is 1. The fourth-order valence-electron chi connectivity index (χ4n) is 3.07. The minimum Gasteiger partial charge on any atom is -0.380 e. The molecule has 2 rings (SSSR count). The number of hydrogen-bond acceptors (Lipinski definition) is 3. The Hall–Kier alpha value is -0.120. The number of nitrogens with zero attached hydrogens (tertiary/aromatic N) is 1. The molecule has 0 saturated carbocycles. The maximum absolute atomic E-state index is 5.67. The number of hydrogen-bond donors (Lipinski definition) is 1. The molecule has 2 heterocycles. The van der Waals surface area contributed by atoms with E-state index in [1.54, 1.807) is 0 Å². The van der Waals surface area contributed by atoms with E-state index in [1.807, 2.05) is 0 Å². The normalized spacial score (nSPS) is 39.4. The largest absolute Gasteiger partial charge is 0.380 e. The molecule has 2 N–H and O–H groups in total. The van der Waals surface area contributed by atoms with Crippen molar-refractivity contribution in [1.82, 2.24) is 4.90 Å². The minimum absolute atomic E-state index is 0.661. The number of likely N-dealkylation sites (N-methyl/N-ethyl adjacent to an activating group) is 1. The summed E-state index contributed by atoms with van der Waals surface area (Å²) in [6.07, 6.45) is 3.77. The third-order valence-corrected chi connectivity index (χ3v) is 3.94. The fraction of sp³-hybridized carbons (Fsp3) is 1.00. The van der Waals surface area contributed by atoms with Crippen LogP contribution in [0.3, 0.4) is 0 Å². The monoisotopic (exact) mass is 198 g/mol. The highest BCUT2D eigenvalue weighted by molar-refractivity contribution is 4.90. The van der Waals surface area contributed by atoms with Gasteiger partial charge in [0.05, 0.1) is 6.61 Å². The molecular formula is C11H22N2O. The van der Waals surface area contributed by atoms with E-state index in [9.17, 15) is 0 Å². The van der Waals surface area contributed by atoms with Crippen LogP contribution in [0.15, 0.2) is 0 Å². The molecule has 0 bridgehead atoms. The summed E-state index contributed by atoms with van der Waals surface area (Å²) in [4.78, 5) is 2.47. The predicted molar refractivity (Wildman–Crippen MR) is 57.1 cm³/mol. The molecule has 3 unspecified atom stereocenters. The highest BCUT2D eigenvalue weighted by atomic mass is 16.5. The molecule has 82 valence electrons. The average molecular weight is 198 g/mol. The van der Waals surface area contributed by atoms with Crippen LogP contribution in [0.5, 0.6) is 0 Å². The van der Waals surface area contributed by atoms with E-state index >= 15 is 0 Å². The van der Waals surface area contributed by atoms with E-state index < -0.39 is 0 Å². The van der Waals surface area contributed by atoms with E-state index in [0.29, 0.717) is 6.04 Å². The van der Waals surface area contributed by atoms with E-state index in [4.69, 9.17) is 10.5 Å². The molecule has 2 aliphatic rings. The molecule has 0 amide bonds. The van der Waals surface area contributed by atoms with Crippen LogP contribution in [0.2, 0.25) is 0 Å². The third-order valence-electron chi connectivity index (χ3n) is 3.94. The summed E-state index contributed by atoms with van der Waals surface area (Å²) in [5.74, 6) is 1.69. The lowest BCUT2D eigenvalue weighted by Gasteiger charge is -2.46. The van der Waals surface area contributed by atoms with Gasteiger partial charge in [-0.1, -0.05) is 0 Å². The van der Waals surface area contributed by atoms with Gasteiger partial charge in [-0.25, -0.2) is 0 Å². The number of piperidine rings is 1. The molecule has 3 atom stereocenters. The summed E-state index contributed by atoms with van der Waals surface area (Å²) >= 11 is 0. The zero-order chi connectivity index (χ0) is 9.97. The van der Waals surface area contributed by atoms with Gasteiger partial charge in [0, 0.05) is 12.6 Å². The molecule has 2 saturated heterocycles. The summed E-state index contributed by atoms with van der Waals surface area (Å²) in [5, 5.41) is 0. The standard InChI is InChI=1S/C11H22N2O/c1-13-6-3-9(2-5-12)10-4-7-14-8-11(10)13/h9-11H,2-8,12H2,1H3. The molecular weight excluding hydrogens is 176 g/mol. The van der Waals surface area contributed by atoms with Crippen LogP contribution in [0.1, 0.15) is 19.3 Å². The fourth-order valence-corrected chi connectivity index (χ4v) is 3.07. The highest BCUT2D eigenvalue weighted by Crippen LogP contribution is 2.35. The van der Waals surface area contributed by atoms with Gasteiger partial charge in [0.1, 0.15) is 0 Å². The van der Waals surface area contributed by atoms with Crippen LogP contribution in [0.25, 0.3) is 0 Å². The molecule has 0 radical (unpaired) electrons. The molecule has 0 spiro atoms. The van der Waals surface area contributed by atoms with Crippen molar-refractivity contribution < 1.29 is 4.74 Å². The molecule has 3 heteroatoms. The van der Waals surface area contributed by atoms with Gasteiger partial charge in [0.2, 0.25) is 0 Å². The Morgan fingerprint density at radius 3 is 3.07 bits per heavy atom. The van der Waals surface area contributed by atoms with Gasteiger partial charge in [0.15, 0.2) is 0 Å². The maximum Gasteiger partial charge on any atom is 0.0624 e. The van der Waals surface area contributed by atoms with Gasteiger partial charge >= 0.3 is 0 Å². The highest BCUT2D eigenvalue weighted by Gasteiger charge is 2.37. The van der Waals surface area contributed by atoms with Gasteiger partial charge in [0.25, 0.3) is 0 Å². The first-order valence-electron chi connectivity index (χ1n) is 5.81. The van der Waals surface area contributed by atoms with Crippen LogP contribution in [-0.2, 0) is 4.74 Å². The maximum atomic E-state index is 5.67. The van der Waals surface area contributed by atoms with Crippen molar-refractivity contribution in [2.45, 2.75) is 25.3 Å². The molecule has 0 aromatic carbocycles. The summed E-state index contributed by atoms with van der Waals surface area (Å²) < 4.78 is 5.56. The molecule has 0 aromatic rings. The summed E-state index contributed by atoms with van der Waals surface area (Å²) in [7, 11) is 2.23.